The highest BCUT2D eigenvalue weighted by Crippen LogP contribution is 2.38. The number of nitrogens with zero attached hydrogens (tertiary/aromatic N) is 1. The minimum atomic E-state index is -2.87. The van der Waals surface area contributed by atoms with E-state index in [1.54, 1.807) is 14.1 Å². The molecule has 48 heavy (non-hydrogen) atoms. The van der Waals surface area contributed by atoms with Crippen LogP contribution in [0.4, 0.5) is 8.78 Å². The van der Waals surface area contributed by atoms with Crippen molar-refractivity contribution in [2.75, 3.05) is 20.7 Å². The number of amides is 2. The van der Waals surface area contributed by atoms with Gasteiger partial charge in [0.15, 0.2) is 12.6 Å². The Morgan fingerprint density at radius 1 is 0.875 bits per heavy atom. The zero-order valence-corrected chi connectivity index (χ0v) is 28.1. The number of nitrogens with one attached hydrogen (secondary N) is 1. The highest BCUT2D eigenvalue weighted by molar-refractivity contribution is 5.80. The van der Waals surface area contributed by atoms with E-state index in [9.17, 15) is 43.9 Å². The summed E-state index contributed by atoms with van der Waals surface area (Å²) in [7, 11) is 3.17. The summed E-state index contributed by atoms with van der Waals surface area (Å²) in [6, 6.07) is -1.25. The van der Waals surface area contributed by atoms with Crippen molar-refractivity contribution >= 4 is 11.8 Å². The molecule has 2 saturated carbocycles. The molecule has 0 aromatic rings. The molecule has 0 aromatic carbocycles. The number of hydrogen-bond acceptors (Lipinski definition) is 12. The fraction of sp³-hybridized carbons (Fsp3) is 0.938. The van der Waals surface area contributed by atoms with E-state index in [4.69, 9.17) is 23.7 Å². The number of aliphatic hydroxyl groups is 5. The average molecular weight is 697 g/mol. The van der Waals surface area contributed by atoms with Gasteiger partial charge in [0.2, 0.25) is 12.3 Å². The quantitative estimate of drug-likeness (QED) is 0.161. The first-order valence-electron chi connectivity index (χ1n) is 17.1. The molecule has 278 valence electrons. The van der Waals surface area contributed by atoms with Crippen LogP contribution in [0.25, 0.3) is 0 Å². The lowest BCUT2D eigenvalue weighted by molar-refractivity contribution is -0.340. The molecule has 0 aromatic heterocycles. The van der Waals surface area contributed by atoms with Gasteiger partial charge in [0.1, 0.15) is 48.8 Å². The van der Waals surface area contributed by atoms with Crippen LogP contribution in [0.2, 0.25) is 0 Å². The molecule has 14 nitrogen and oxygen atoms in total. The van der Waals surface area contributed by atoms with Crippen LogP contribution in [0.15, 0.2) is 0 Å². The van der Waals surface area contributed by atoms with E-state index in [0.29, 0.717) is 12.8 Å². The van der Waals surface area contributed by atoms with E-state index < -0.39 is 105 Å². The molecular formula is C32H54F2N2O12. The highest BCUT2D eigenvalue weighted by atomic mass is 19.3. The first kappa shape index (κ1) is 39.2. The summed E-state index contributed by atoms with van der Waals surface area (Å²) in [6.07, 6.45) is -13.5. The summed E-state index contributed by atoms with van der Waals surface area (Å²) in [5.74, 6) is -2.07. The molecule has 0 radical (unpaired) electrons. The molecule has 16 heteroatoms. The molecule has 4 aliphatic rings. The predicted octanol–water partition coefficient (Wildman–Crippen LogP) is 0.0447. The molecule has 2 aliphatic carbocycles. The topological polar surface area (TPSA) is 197 Å². The lowest BCUT2D eigenvalue weighted by Crippen LogP contribution is -2.67. The Hall–Kier alpha value is -1.60. The number of hydrogen-bond donors (Lipinski definition) is 6. The van der Waals surface area contributed by atoms with Crippen molar-refractivity contribution in [2.45, 2.75) is 158 Å². The van der Waals surface area contributed by atoms with Crippen molar-refractivity contribution in [1.29, 1.82) is 0 Å². The Bertz CT molecular complexity index is 1040. The van der Waals surface area contributed by atoms with Crippen molar-refractivity contribution in [2.24, 2.45) is 11.8 Å². The number of halogens is 2. The Labute approximate surface area is 280 Å². The predicted molar refractivity (Wildman–Crippen MR) is 163 cm³/mol. The van der Waals surface area contributed by atoms with Gasteiger partial charge < -0.3 is 59.4 Å². The van der Waals surface area contributed by atoms with E-state index in [2.05, 4.69) is 5.32 Å². The summed E-state index contributed by atoms with van der Waals surface area (Å²) in [6.45, 7) is 1.98. The molecular weight excluding hydrogens is 642 g/mol. The number of carbonyl (C=O) groups is 2. The Morgan fingerprint density at radius 2 is 1.56 bits per heavy atom. The largest absolute Gasteiger partial charge is 0.394 e. The number of carbonyl (C=O) groups excluding carboxylic acids is 2. The van der Waals surface area contributed by atoms with Crippen molar-refractivity contribution in [3.8, 4) is 0 Å². The third kappa shape index (κ3) is 9.38. The molecule has 6 N–H and O–H groups in total. The number of ether oxygens (including phenoxy) is 5. The maximum absolute atomic E-state index is 14.4. The van der Waals surface area contributed by atoms with Gasteiger partial charge in [-0.2, -0.15) is 0 Å². The fourth-order valence-electron chi connectivity index (χ4n) is 7.37. The summed E-state index contributed by atoms with van der Waals surface area (Å²) in [4.78, 5) is 27.2. The zero-order chi connectivity index (χ0) is 35.3. The second-order valence-corrected chi connectivity index (χ2v) is 13.9. The zero-order valence-electron chi connectivity index (χ0n) is 28.1. The SMILES string of the molecule is CC(=O)NC1C(O[C@@H](CC2CCCCC2)C(=O)N(C)C)[C@@H](O)[C@H](CO)O[C@H]1O[C@@H]1CCCC(C(F)F)[C@H]1OC1O[C@@H](C)[C@H](O)C(O)[C@@H]1O. The van der Waals surface area contributed by atoms with Gasteiger partial charge in [-0.1, -0.05) is 38.5 Å². The van der Waals surface area contributed by atoms with Gasteiger partial charge in [0.25, 0.3) is 5.91 Å². The molecule has 4 fully saturated rings. The second kappa shape index (κ2) is 17.6. The van der Waals surface area contributed by atoms with E-state index in [1.165, 1.54) is 18.7 Å². The third-order valence-corrected chi connectivity index (χ3v) is 10.1. The fourth-order valence-corrected chi connectivity index (χ4v) is 7.37. The van der Waals surface area contributed by atoms with Crippen LogP contribution in [0.1, 0.15) is 71.6 Å². The van der Waals surface area contributed by atoms with Crippen LogP contribution in [0.5, 0.6) is 0 Å². The van der Waals surface area contributed by atoms with E-state index in [0.717, 1.165) is 32.1 Å². The molecule has 0 spiro atoms. The van der Waals surface area contributed by atoms with Crippen molar-refractivity contribution in [1.82, 2.24) is 10.2 Å². The van der Waals surface area contributed by atoms with Crippen molar-refractivity contribution in [3.63, 3.8) is 0 Å². The molecule has 14 atom stereocenters. The van der Waals surface area contributed by atoms with Gasteiger partial charge in [-0.25, -0.2) is 8.78 Å². The minimum Gasteiger partial charge on any atom is -0.394 e. The highest BCUT2D eigenvalue weighted by Gasteiger charge is 2.52. The summed E-state index contributed by atoms with van der Waals surface area (Å²) in [5, 5.41) is 55.2. The van der Waals surface area contributed by atoms with Gasteiger partial charge >= 0.3 is 0 Å². The van der Waals surface area contributed by atoms with Gasteiger partial charge in [0.05, 0.1) is 24.9 Å². The molecule has 0 bridgehead atoms. The third-order valence-electron chi connectivity index (χ3n) is 10.1. The number of rotatable bonds is 12. The van der Waals surface area contributed by atoms with Crippen LogP contribution in [0, 0.1) is 11.8 Å². The van der Waals surface area contributed by atoms with E-state index >= 15 is 0 Å². The standard InChI is InChI=1S/C32H54F2N2O12/c1-15-23(39)25(41)26(42)32(44-15)48-27-18(29(33)34)11-8-12-19(27)46-31-22(35-16(2)38)28(24(40)21(14-37)47-31)45-20(30(43)36(3)4)13-17-9-6-5-7-10-17/h15,17-29,31-32,37,39-42H,5-14H2,1-4H3,(H,35,38)/t15-,18?,19+,20-,21-,22?,23-,24-,25?,26-,27+,28?,31+,32?/m0/s1. The van der Waals surface area contributed by atoms with Crippen molar-refractivity contribution in [3.05, 3.63) is 0 Å². The van der Waals surface area contributed by atoms with Crippen LogP contribution in [-0.2, 0) is 33.3 Å². The molecule has 2 amide bonds. The number of alkyl halides is 2. The monoisotopic (exact) mass is 696 g/mol. The van der Waals surface area contributed by atoms with Gasteiger partial charge in [-0.3, -0.25) is 9.59 Å². The lowest BCUT2D eigenvalue weighted by atomic mass is 9.84. The lowest BCUT2D eigenvalue weighted by Gasteiger charge is -2.48. The smallest absolute Gasteiger partial charge is 0.251 e. The van der Waals surface area contributed by atoms with Crippen LogP contribution >= 0.6 is 0 Å². The Kier molecular flexibility index (Phi) is 14.3. The first-order chi connectivity index (χ1) is 22.7. The molecule has 4 rings (SSSR count). The molecule has 2 aliphatic heterocycles. The van der Waals surface area contributed by atoms with Crippen LogP contribution in [0.3, 0.4) is 0 Å². The number of likely N-dealkylation sites (N-methyl/N-ethyl adjacent to an activating group) is 1. The Balaban J connectivity index is 1.62. The van der Waals surface area contributed by atoms with Gasteiger partial charge in [-0.15, -0.1) is 0 Å². The minimum absolute atomic E-state index is 0.0472. The summed E-state index contributed by atoms with van der Waals surface area (Å²) in [5.41, 5.74) is 0. The summed E-state index contributed by atoms with van der Waals surface area (Å²) < 4.78 is 58.9. The molecule has 5 unspecified atom stereocenters. The average Bonchev–Trinajstić information content (AvgIpc) is 3.05. The second-order valence-electron chi connectivity index (χ2n) is 13.9. The van der Waals surface area contributed by atoms with Crippen LogP contribution < -0.4 is 5.32 Å². The maximum atomic E-state index is 14.4. The van der Waals surface area contributed by atoms with E-state index in [-0.39, 0.29) is 24.7 Å². The Morgan fingerprint density at radius 3 is 2.17 bits per heavy atom. The van der Waals surface area contributed by atoms with E-state index in [1.807, 2.05) is 0 Å². The number of aliphatic hydroxyl groups excluding tert-OH is 5. The normalized spacial score (nSPS) is 40.4. The van der Waals surface area contributed by atoms with Crippen LogP contribution in [-0.4, -0.2) is 149 Å². The maximum Gasteiger partial charge on any atom is 0.251 e. The summed E-state index contributed by atoms with van der Waals surface area (Å²) >= 11 is 0. The first-order valence-corrected chi connectivity index (χ1v) is 17.1. The van der Waals surface area contributed by atoms with Gasteiger partial charge in [-0.05, 0) is 32.1 Å². The van der Waals surface area contributed by atoms with Gasteiger partial charge in [0, 0.05) is 26.9 Å². The molecule has 2 saturated heterocycles. The van der Waals surface area contributed by atoms with Crippen molar-refractivity contribution < 1.29 is 67.6 Å². The molecule has 2 heterocycles.